The van der Waals surface area contributed by atoms with E-state index in [4.69, 9.17) is 32.7 Å². The van der Waals surface area contributed by atoms with Gasteiger partial charge in [0.25, 0.3) is 11.8 Å². The fourth-order valence-corrected chi connectivity index (χ4v) is 4.30. The number of nitrogens with zero attached hydrogens (tertiary/aromatic N) is 1. The van der Waals surface area contributed by atoms with Crippen LogP contribution in [0.25, 0.3) is 0 Å². The molecule has 0 heterocycles. The van der Waals surface area contributed by atoms with Gasteiger partial charge in [-0.05, 0) is 70.2 Å². The minimum Gasteiger partial charge on any atom is -0.490 e. The molecule has 38 heavy (non-hydrogen) atoms. The molecule has 0 bridgehead atoms. The molecular weight excluding hydrogens is 593 g/mol. The molecule has 3 aromatic rings. The molecular formula is C28H28BrCl2N3O4. The normalized spacial score (nSPS) is 11.9. The molecule has 0 fully saturated rings. The molecule has 3 rings (SSSR count). The Bertz CT molecular complexity index is 1300. The van der Waals surface area contributed by atoms with Crippen LogP contribution in [-0.4, -0.2) is 30.7 Å². The predicted molar refractivity (Wildman–Crippen MR) is 154 cm³/mol. The molecule has 1 unspecified atom stereocenters. The molecule has 0 saturated carbocycles. The lowest BCUT2D eigenvalue weighted by atomic mass is 10.0. The van der Waals surface area contributed by atoms with Gasteiger partial charge < -0.3 is 14.8 Å². The standard InChI is InChI=1S/C28H28BrCl2N3O4/c1-4-37-24-13-19(12-21(29)26(24)38-16-18-8-6-5-7-9-18)15-32-34-28(36)25(17(2)3)33-27(35)20-10-11-22(30)23(31)14-20/h5-15,17,25H,4,16H2,1-3H3,(H,33,35)(H,34,36)/b32-15+. The topological polar surface area (TPSA) is 89.0 Å². The van der Waals surface area contributed by atoms with Crippen LogP contribution in [-0.2, 0) is 11.4 Å². The Morgan fingerprint density at radius 2 is 1.76 bits per heavy atom. The van der Waals surface area contributed by atoms with E-state index in [1.807, 2.05) is 57.2 Å². The average molecular weight is 621 g/mol. The van der Waals surface area contributed by atoms with Crippen molar-refractivity contribution < 1.29 is 19.1 Å². The third-order valence-corrected chi connectivity index (χ3v) is 6.69. The molecule has 10 heteroatoms. The first-order valence-corrected chi connectivity index (χ1v) is 13.5. The van der Waals surface area contributed by atoms with Crippen LogP contribution in [0.5, 0.6) is 11.5 Å². The highest BCUT2D eigenvalue weighted by molar-refractivity contribution is 9.10. The SMILES string of the molecule is CCOc1cc(/C=N/NC(=O)C(NC(=O)c2ccc(Cl)c(Cl)c2)C(C)C)cc(Br)c1OCc1ccccc1. The van der Waals surface area contributed by atoms with E-state index in [0.29, 0.717) is 45.3 Å². The molecule has 2 N–H and O–H groups in total. The number of carbonyl (C=O) groups is 2. The van der Waals surface area contributed by atoms with E-state index < -0.39 is 17.9 Å². The van der Waals surface area contributed by atoms with E-state index in [1.165, 1.54) is 24.4 Å². The Morgan fingerprint density at radius 3 is 2.42 bits per heavy atom. The van der Waals surface area contributed by atoms with Gasteiger partial charge in [0.05, 0.1) is 27.3 Å². The van der Waals surface area contributed by atoms with Crippen molar-refractivity contribution in [1.29, 1.82) is 0 Å². The van der Waals surface area contributed by atoms with Crippen LogP contribution in [0.4, 0.5) is 0 Å². The fourth-order valence-electron chi connectivity index (χ4n) is 3.43. The number of hydrogen-bond donors (Lipinski definition) is 2. The molecule has 0 aromatic heterocycles. The van der Waals surface area contributed by atoms with Crippen molar-refractivity contribution in [2.45, 2.75) is 33.4 Å². The number of rotatable bonds is 11. The van der Waals surface area contributed by atoms with Gasteiger partial charge in [-0.2, -0.15) is 5.10 Å². The lowest BCUT2D eigenvalue weighted by molar-refractivity contribution is -0.123. The van der Waals surface area contributed by atoms with Crippen molar-refractivity contribution >= 4 is 57.2 Å². The van der Waals surface area contributed by atoms with Crippen LogP contribution in [0.15, 0.2) is 70.2 Å². The Balaban J connectivity index is 1.68. The Labute approximate surface area is 240 Å². The third kappa shape index (κ3) is 8.21. The first-order valence-electron chi connectivity index (χ1n) is 11.9. The maximum absolute atomic E-state index is 12.8. The number of hydrogen-bond acceptors (Lipinski definition) is 5. The minimum absolute atomic E-state index is 0.198. The summed E-state index contributed by atoms with van der Waals surface area (Å²) in [5.74, 6) is 0.00678. The Morgan fingerprint density at radius 1 is 1.03 bits per heavy atom. The van der Waals surface area contributed by atoms with Gasteiger partial charge in [-0.25, -0.2) is 5.43 Å². The number of hydrazone groups is 1. The zero-order chi connectivity index (χ0) is 27.7. The molecule has 1 atom stereocenters. The summed E-state index contributed by atoms with van der Waals surface area (Å²) in [6.45, 7) is 6.35. The van der Waals surface area contributed by atoms with Gasteiger partial charge in [-0.3, -0.25) is 9.59 Å². The molecule has 0 radical (unpaired) electrons. The van der Waals surface area contributed by atoms with Gasteiger partial charge in [-0.1, -0.05) is 67.4 Å². The second-order valence-corrected chi connectivity index (χ2v) is 10.3. The van der Waals surface area contributed by atoms with Crippen molar-refractivity contribution in [3.05, 3.63) is 91.9 Å². The van der Waals surface area contributed by atoms with Gasteiger partial charge in [0.2, 0.25) is 0 Å². The molecule has 7 nitrogen and oxygen atoms in total. The van der Waals surface area contributed by atoms with E-state index in [9.17, 15) is 9.59 Å². The molecule has 3 aromatic carbocycles. The largest absolute Gasteiger partial charge is 0.490 e. The van der Waals surface area contributed by atoms with Crippen LogP contribution in [0.3, 0.4) is 0 Å². The molecule has 0 aliphatic heterocycles. The van der Waals surface area contributed by atoms with Gasteiger partial charge >= 0.3 is 0 Å². The smallest absolute Gasteiger partial charge is 0.262 e. The van der Waals surface area contributed by atoms with E-state index in [-0.39, 0.29) is 10.9 Å². The molecule has 0 saturated heterocycles. The van der Waals surface area contributed by atoms with Crippen LogP contribution < -0.4 is 20.2 Å². The summed E-state index contributed by atoms with van der Waals surface area (Å²) in [5, 5.41) is 7.40. The highest BCUT2D eigenvalue weighted by Crippen LogP contribution is 2.37. The minimum atomic E-state index is -0.825. The number of carbonyl (C=O) groups excluding carboxylic acids is 2. The van der Waals surface area contributed by atoms with Gasteiger partial charge in [0.15, 0.2) is 11.5 Å². The summed E-state index contributed by atoms with van der Waals surface area (Å²) < 4.78 is 12.5. The maximum atomic E-state index is 12.8. The van der Waals surface area contributed by atoms with Gasteiger partial charge in [0.1, 0.15) is 12.6 Å². The van der Waals surface area contributed by atoms with Crippen molar-refractivity contribution in [2.24, 2.45) is 11.0 Å². The lowest BCUT2D eigenvalue weighted by Gasteiger charge is -2.20. The van der Waals surface area contributed by atoms with Crippen molar-refractivity contribution in [1.82, 2.24) is 10.7 Å². The van der Waals surface area contributed by atoms with Gasteiger partial charge in [-0.15, -0.1) is 0 Å². The fraction of sp³-hybridized carbons (Fsp3) is 0.250. The van der Waals surface area contributed by atoms with E-state index in [2.05, 4.69) is 31.8 Å². The van der Waals surface area contributed by atoms with Crippen molar-refractivity contribution in [3.63, 3.8) is 0 Å². The van der Waals surface area contributed by atoms with Crippen LogP contribution in [0.2, 0.25) is 10.0 Å². The number of benzene rings is 3. The van der Waals surface area contributed by atoms with Crippen LogP contribution in [0.1, 0.15) is 42.3 Å². The zero-order valence-electron chi connectivity index (χ0n) is 21.1. The average Bonchev–Trinajstić information content (AvgIpc) is 2.88. The summed E-state index contributed by atoms with van der Waals surface area (Å²) in [6, 6.07) is 17.1. The number of nitrogens with one attached hydrogen (secondary N) is 2. The second kappa shape index (κ2) is 14.2. The number of ether oxygens (including phenoxy) is 2. The highest BCUT2D eigenvalue weighted by atomic mass is 79.9. The summed E-state index contributed by atoms with van der Waals surface area (Å²) in [7, 11) is 0. The summed E-state index contributed by atoms with van der Waals surface area (Å²) in [4.78, 5) is 25.5. The zero-order valence-corrected chi connectivity index (χ0v) is 24.2. The van der Waals surface area contributed by atoms with E-state index in [1.54, 1.807) is 6.07 Å². The summed E-state index contributed by atoms with van der Waals surface area (Å²) in [6.07, 6.45) is 1.49. The van der Waals surface area contributed by atoms with E-state index in [0.717, 1.165) is 5.56 Å². The van der Waals surface area contributed by atoms with Gasteiger partial charge in [0, 0.05) is 5.56 Å². The molecule has 200 valence electrons. The molecule has 0 aliphatic rings. The van der Waals surface area contributed by atoms with Crippen LogP contribution in [0, 0.1) is 5.92 Å². The quantitative estimate of drug-likeness (QED) is 0.186. The first-order chi connectivity index (χ1) is 18.2. The molecule has 0 aliphatic carbocycles. The predicted octanol–water partition coefficient (Wildman–Crippen LogP) is 6.64. The van der Waals surface area contributed by atoms with Crippen molar-refractivity contribution in [2.75, 3.05) is 6.61 Å². The maximum Gasteiger partial charge on any atom is 0.262 e. The van der Waals surface area contributed by atoms with E-state index >= 15 is 0 Å². The third-order valence-electron chi connectivity index (χ3n) is 5.36. The number of halogens is 3. The second-order valence-electron chi connectivity index (χ2n) is 8.60. The Kier molecular flexibility index (Phi) is 11.0. The lowest BCUT2D eigenvalue weighted by Crippen LogP contribution is -2.48. The summed E-state index contributed by atoms with van der Waals surface area (Å²) in [5.41, 5.74) is 4.50. The summed E-state index contributed by atoms with van der Waals surface area (Å²) >= 11 is 15.5. The monoisotopic (exact) mass is 619 g/mol. The highest BCUT2D eigenvalue weighted by Gasteiger charge is 2.25. The van der Waals surface area contributed by atoms with Crippen LogP contribution >= 0.6 is 39.1 Å². The molecule has 2 amide bonds. The number of amides is 2. The molecule has 0 spiro atoms. The van der Waals surface area contributed by atoms with Crippen molar-refractivity contribution in [3.8, 4) is 11.5 Å². The first kappa shape index (κ1) is 29.5. The Hall–Kier alpha value is -3.07.